The molecule has 2 aromatic carbocycles. The lowest BCUT2D eigenvalue weighted by atomic mass is 9.80. The lowest BCUT2D eigenvalue weighted by molar-refractivity contribution is -0.139. The van der Waals surface area contributed by atoms with Crippen LogP contribution < -0.4 is 5.32 Å². The van der Waals surface area contributed by atoms with Crippen molar-refractivity contribution in [2.75, 3.05) is 18.9 Å². The lowest BCUT2D eigenvalue weighted by Gasteiger charge is -2.25. The van der Waals surface area contributed by atoms with Crippen molar-refractivity contribution < 1.29 is 35.9 Å². The van der Waals surface area contributed by atoms with Crippen molar-refractivity contribution >= 4 is 20.0 Å². The van der Waals surface area contributed by atoms with Gasteiger partial charge in [0.15, 0.2) is 0 Å². The molecule has 0 spiro atoms. The molecule has 2 N–H and O–H groups in total. The van der Waals surface area contributed by atoms with E-state index in [-0.39, 0.29) is 36.0 Å². The second-order valence-corrected chi connectivity index (χ2v) is 10.6. The summed E-state index contributed by atoms with van der Waals surface area (Å²) < 4.78 is 84.4. The molecule has 0 bridgehead atoms. The molecule has 1 atom stereocenters. The van der Waals surface area contributed by atoms with Gasteiger partial charge in [0.1, 0.15) is 18.2 Å². The van der Waals surface area contributed by atoms with E-state index >= 15 is 0 Å². The Morgan fingerprint density at radius 3 is 2.40 bits per heavy atom. The predicted octanol–water partition coefficient (Wildman–Crippen LogP) is 7.37. The second-order valence-electron chi connectivity index (χ2n) is 8.71. The molecule has 35 heavy (non-hydrogen) atoms. The van der Waals surface area contributed by atoms with Crippen LogP contribution in [0.2, 0.25) is 0 Å². The molecule has 2 aromatic rings. The van der Waals surface area contributed by atoms with Gasteiger partial charge in [-0.15, -0.1) is 21.2 Å². The van der Waals surface area contributed by atoms with Crippen molar-refractivity contribution in [3.05, 3.63) is 64.7 Å². The maximum atomic E-state index is 14.5. The van der Waals surface area contributed by atoms with Gasteiger partial charge in [-0.25, -0.2) is 8.78 Å². The highest BCUT2D eigenvalue weighted by molar-refractivity contribution is 7.99. The van der Waals surface area contributed by atoms with Crippen LogP contribution in [0, 0.1) is 11.6 Å². The van der Waals surface area contributed by atoms with Crippen LogP contribution in [-0.4, -0.2) is 23.8 Å². The molecule has 0 aliphatic heterocycles. The molecule has 0 amide bonds. The predicted molar refractivity (Wildman–Crippen MR) is 128 cm³/mol. The quantitative estimate of drug-likeness (QED) is 0.114. The van der Waals surface area contributed by atoms with Crippen molar-refractivity contribution in [3.63, 3.8) is 0 Å². The summed E-state index contributed by atoms with van der Waals surface area (Å²) in [6, 6.07) is 8.31. The molecule has 0 aliphatic carbocycles. The fraction of sp³-hybridized carbons (Fsp3) is 0.500. The highest BCUT2D eigenvalue weighted by atomic mass is 32.2. The Kier molecular flexibility index (Phi) is 11.6. The van der Waals surface area contributed by atoms with Crippen molar-refractivity contribution in [1.82, 2.24) is 5.32 Å². The third kappa shape index (κ3) is 9.77. The molecule has 0 radical (unpaired) electrons. The summed E-state index contributed by atoms with van der Waals surface area (Å²) in [4.78, 5) is 8.38. The molecule has 0 aromatic heterocycles. The number of hydrogen-bond donors (Lipinski definition) is 2. The van der Waals surface area contributed by atoms with Crippen LogP contribution in [0.15, 0.2) is 41.3 Å². The number of nitrogens with one attached hydrogen (secondary N) is 1. The van der Waals surface area contributed by atoms with Gasteiger partial charge in [-0.05, 0) is 60.7 Å². The largest absolute Gasteiger partial charge is 0.694 e. The van der Waals surface area contributed by atoms with Gasteiger partial charge in [0.2, 0.25) is 0 Å². The summed E-state index contributed by atoms with van der Waals surface area (Å²) in [6.07, 6.45) is -2.32. The average molecular weight is 539 g/mol. The first kappa shape index (κ1) is 29.6. The molecule has 0 heterocycles. The Labute approximate surface area is 207 Å². The molecule has 11 heteroatoms. The molecule has 0 saturated carbocycles. The number of alkyl halides is 3. The van der Waals surface area contributed by atoms with Crippen LogP contribution in [0.4, 0.5) is 22.0 Å². The molecule has 4 nitrogen and oxygen atoms in total. The van der Waals surface area contributed by atoms with Gasteiger partial charge in [0.05, 0.1) is 5.56 Å². The molecule has 0 fully saturated rings. The molecular weight excluding hydrogens is 508 g/mol. The van der Waals surface area contributed by atoms with Crippen LogP contribution >= 0.6 is 20.0 Å². The van der Waals surface area contributed by atoms with E-state index in [0.717, 1.165) is 23.9 Å². The lowest BCUT2D eigenvalue weighted by Crippen LogP contribution is -2.19. The molecule has 0 saturated heterocycles. The molecule has 194 valence electrons. The van der Waals surface area contributed by atoms with Crippen LogP contribution in [-0.2, 0) is 27.2 Å². The SMILES string of the molecule is CC(C)(CCCCSc1cc(F)c(CNCCCO[P+](=O)O)cc1C(F)(F)F)c1ccccc1F. The monoisotopic (exact) mass is 538 g/mol. The Bertz CT molecular complexity index is 988. The van der Waals surface area contributed by atoms with E-state index in [4.69, 9.17) is 4.89 Å². The minimum absolute atomic E-state index is 0.00202. The summed E-state index contributed by atoms with van der Waals surface area (Å²) in [5.41, 5.74) is -0.791. The Balaban J connectivity index is 1.92. The van der Waals surface area contributed by atoms with Crippen LogP contribution in [0.1, 0.15) is 56.2 Å². The van der Waals surface area contributed by atoms with Crippen LogP contribution in [0.5, 0.6) is 0 Å². The highest BCUT2D eigenvalue weighted by Crippen LogP contribution is 2.39. The van der Waals surface area contributed by atoms with E-state index < -0.39 is 31.2 Å². The van der Waals surface area contributed by atoms with Gasteiger partial charge in [0.25, 0.3) is 0 Å². The number of rotatable bonds is 14. The van der Waals surface area contributed by atoms with E-state index in [9.17, 15) is 26.5 Å². The maximum absolute atomic E-state index is 14.5. The maximum Gasteiger partial charge on any atom is 0.694 e. The third-order valence-electron chi connectivity index (χ3n) is 5.53. The smallest absolute Gasteiger partial charge is 0.312 e. The fourth-order valence-corrected chi connectivity index (χ4v) is 5.01. The van der Waals surface area contributed by atoms with E-state index in [1.165, 1.54) is 6.07 Å². The molecular formula is C24H30F5NO3PS+. The summed E-state index contributed by atoms with van der Waals surface area (Å²) in [5.74, 6) is -0.633. The van der Waals surface area contributed by atoms with Gasteiger partial charge in [-0.3, -0.25) is 0 Å². The minimum atomic E-state index is -4.63. The summed E-state index contributed by atoms with van der Waals surface area (Å²) in [5, 5.41) is 2.81. The number of benzene rings is 2. The van der Waals surface area contributed by atoms with Crippen molar-refractivity contribution in [1.29, 1.82) is 0 Å². The zero-order chi connectivity index (χ0) is 26.1. The molecule has 0 aliphatic rings. The van der Waals surface area contributed by atoms with Gasteiger partial charge >= 0.3 is 14.4 Å². The van der Waals surface area contributed by atoms with Crippen molar-refractivity contribution in [2.45, 2.75) is 62.6 Å². The summed E-state index contributed by atoms with van der Waals surface area (Å²) in [7, 11) is -2.70. The van der Waals surface area contributed by atoms with E-state index in [1.807, 2.05) is 13.8 Å². The van der Waals surface area contributed by atoms with Gasteiger partial charge in [0, 0.05) is 21.6 Å². The molecule has 2 rings (SSSR count). The number of hydrogen-bond acceptors (Lipinski definition) is 4. The summed E-state index contributed by atoms with van der Waals surface area (Å²) >= 11 is 0.961. The number of unbranched alkanes of at least 4 members (excludes halogenated alkanes) is 1. The number of thioether (sulfide) groups is 1. The highest BCUT2D eigenvalue weighted by Gasteiger charge is 2.34. The normalized spacial score (nSPS) is 12.7. The van der Waals surface area contributed by atoms with Crippen molar-refractivity contribution in [3.8, 4) is 0 Å². The van der Waals surface area contributed by atoms with E-state index in [0.29, 0.717) is 37.0 Å². The molecule has 1 unspecified atom stereocenters. The van der Waals surface area contributed by atoms with Crippen LogP contribution in [0.25, 0.3) is 0 Å². The number of halogens is 5. The average Bonchev–Trinajstić information content (AvgIpc) is 2.76. The zero-order valence-corrected chi connectivity index (χ0v) is 21.3. The Morgan fingerprint density at radius 1 is 1.03 bits per heavy atom. The second kappa shape index (κ2) is 13.7. The summed E-state index contributed by atoms with van der Waals surface area (Å²) in [6.45, 7) is 4.04. The minimum Gasteiger partial charge on any atom is -0.312 e. The third-order valence-corrected chi connectivity index (χ3v) is 7.07. The zero-order valence-electron chi connectivity index (χ0n) is 19.6. The van der Waals surface area contributed by atoms with Crippen LogP contribution in [0.3, 0.4) is 0 Å². The standard InChI is InChI=1S/C24H29F5NO3PS/c1-23(2,18-8-3-4-9-20(18)25)10-5-6-13-35-22-15-21(26)17(14-19(22)24(27,28)29)16-30-11-7-12-33-34(31)32/h3-4,8-9,14-15,30H,5-7,10-13,16H2,1-2H3/p+1. The van der Waals surface area contributed by atoms with Crippen molar-refractivity contribution in [2.24, 2.45) is 0 Å². The first-order valence-corrected chi connectivity index (χ1v) is 13.3. The Morgan fingerprint density at radius 2 is 1.74 bits per heavy atom. The first-order chi connectivity index (χ1) is 16.4. The van der Waals surface area contributed by atoms with Gasteiger partial charge in [-0.2, -0.15) is 13.2 Å². The fourth-order valence-electron chi connectivity index (χ4n) is 3.63. The first-order valence-electron chi connectivity index (χ1n) is 11.2. The van der Waals surface area contributed by atoms with E-state index in [2.05, 4.69) is 9.84 Å². The Hall–Kier alpha value is -1.58. The van der Waals surface area contributed by atoms with Gasteiger partial charge in [-0.1, -0.05) is 38.5 Å². The van der Waals surface area contributed by atoms with Gasteiger partial charge < -0.3 is 5.32 Å². The topological polar surface area (TPSA) is 58.6 Å². The van der Waals surface area contributed by atoms with E-state index in [1.54, 1.807) is 18.2 Å².